The maximum atomic E-state index is 12.4. The van der Waals surface area contributed by atoms with Gasteiger partial charge in [-0.2, -0.15) is 0 Å². The summed E-state index contributed by atoms with van der Waals surface area (Å²) in [7, 11) is 8.97. The van der Waals surface area contributed by atoms with Crippen molar-refractivity contribution < 1.29 is 47.9 Å². The molecule has 0 saturated carbocycles. The average Bonchev–Trinajstić information content (AvgIpc) is 3.16. The minimum absolute atomic E-state index is 0.239. The van der Waals surface area contributed by atoms with Crippen LogP contribution in [0.25, 0.3) is 0 Å². The van der Waals surface area contributed by atoms with Gasteiger partial charge in [-0.15, -0.1) is 0 Å². The SMILES string of the molecule is C=C(C)[C@@H]1CC=C(CO)CC1.C=C(C)[C@@H]1CC=C(COC(=O)c2cc(OC)c(OC)c(OC)c2)CC1.COc1cc(C(=O)Cl)cc(OC)c1OC. The van der Waals surface area contributed by atoms with Crippen LogP contribution >= 0.6 is 11.6 Å². The second-order valence-corrected chi connectivity index (χ2v) is 12.5. The molecule has 2 aromatic rings. The Bertz CT molecular complexity index is 1520. The predicted octanol–water partition coefficient (Wildman–Crippen LogP) is 8.54. The van der Waals surface area contributed by atoms with Gasteiger partial charge < -0.3 is 38.3 Å². The molecule has 0 aromatic heterocycles. The van der Waals surface area contributed by atoms with Crippen LogP contribution in [0.2, 0.25) is 0 Å². The first-order valence-corrected chi connectivity index (χ1v) is 17.0. The largest absolute Gasteiger partial charge is 0.493 e. The van der Waals surface area contributed by atoms with Crippen LogP contribution in [-0.4, -0.2) is 72.2 Å². The Morgan fingerprint density at radius 3 is 1.37 bits per heavy atom. The highest BCUT2D eigenvalue weighted by Gasteiger charge is 2.20. The fourth-order valence-corrected chi connectivity index (χ4v) is 5.69. The lowest BCUT2D eigenvalue weighted by Crippen LogP contribution is -2.13. The molecule has 11 heteroatoms. The van der Waals surface area contributed by atoms with E-state index in [0.717, 1.165) is 37.7 Å². The minimum atomic E-state index is -0.575. The highest BCUT2D eigenvalue weighted by atomic mass is 35.5. The summed E-state index contributed by atoms with van der Waals surface area (Å²) in [5, 5.41) is 8.25. The van der Waals surface area contributed by atoms with E-state index < -0.39 is 11.2 Å². The van der Waals surface area contributed by atoms with Crippen molar-refractivity contribution in [1.82, 2.24) is 0 Å². The molecule has 2 aliphatic carbocycles. The van der Waals surface area contributed by atoms with Crippen LogP contribution in [0.15, 0.2) is 71.9 Å². The number of hydrogen-bond donors (Lipinski definition) is 1. The van der Waals surface area contributed by atoms with E-state index in [-0.39, 0.29) is 6.61 Å². The number of ether oxygens (including phenoxy) is 7. The first-order chi connectivity index (χ1) is 24.4. The molecule has 0 unspecified atom stereocenters. The van der Waals surface area contributed by atoms with Crippen molar-refractivity contribution in [3.05, 3.63) is 83.0 Å². The smallest absolute Gasteiger partial charge is 0.338 e. The molecule has 51 heavy (non-hydrogen) atoms. The van der Waals surface area contributed by atoms with E-state index in [9.17, 15) is 9.59 Å². The van der Waals surface area contributed by atoms with Crippen molar-refractivity contribution in [1.29, 1.82) is 0 Å². The van der Waals surface area contributed by atoms with E-state index in [1.54, 1.807) is 12.1 Å². The predicted molar refractivity (Wildman–Crippen MR) is 200 cm³/mol. The molecule has 1 N–H and O–H groups in total. The van der Waals surface area contributed by atoms with Gasteiger partial charge in [0.1, 0.15) is 6.61 Å². The Hall–Kier alpha value is -4.41. The molecule has 0 heterocycles. The number of allylic oxidation sites excluding steroid dienone is 4. The molecule has 2 aromatic carbocycles. The minimum Gasteiger partial charge on any atom is -0.493 e. The molecule has 280 valence electrons. The molecule has 0 radical (unpaired) electrons. The van der Waals surface area contributed by atoms with Gasteiger partial charge in [0.25, 0.3) is 5.24 Å². The maximum absolute atomic E-state index is 12.4. The number of carbonyl (C=O) groups is 2. The number of aliphatic hydroxyl groups is 1. The van der Waals surface area contributed by atoms with E-state index in [0.29, 0.717) is 64.1 Å². The Balaban J connectivity index is 0.000000293. The molecule has 0 saturated heterocycles. The van der Waals surface area contributed by atoms with Crippen LogP contribution in [0.5, 0.6) is 34.5 Å². The average molecular weight is 729 g/mol. The van der Waals surface area contributed by atoms with Gasteiger partial charge in [0.05, 0.1) is 54.8 Å². The Kier molecular flexibility index (Phi) is 18.2. The highest BCUT2D eigenvalue weighted by molar-refractivity contribution is 6.67. The van der Waals surface area contributed by atoms with Crippen LogP contribution in [0.1, 0.15) is 73.1 Å². The van der Waals surface area contributed by atoms with Crippen molar-refractivity contribution >= 4 is 22.8 Å². The van der Waals surface area contributed by atoms with Gasteiger partial charge in [0, 0.05) is 5.56 Å². The summed E-state index contributed by atoms with van der Waals surface area (Å²) in [4.78, 5) is 23.4. The highest BCUT2D eigenvalue weighted by Crippen LogP contribution is 2.39. The van der Waals surface area contributed by atoms with Gasteiger partial charge in [-0.1, -0.05) is 36.5 Å². The lowest BCUT2D eigenvalue weighted by Gasteiger charge is -2.22. The zero-order valence-corrected chi connectivity index (χ0v) is 31.9. The second-order valence-electron chi connectivity index (χ2n) is 12.2. The number of hydrogen-bond acceptors (Lipinski definition) is 10. The zero-order chi connectivity index (χ0) is 38.1. The molecule has 0 bridgehead atoms. The van der Waals surface area contributed by atoms with Gasteiger partial charge in [-0.3, -0.25) is 4.79 Å². The number of rotatable bonds is 13. The van der Waals surface area contributed by atoms with Gasteiger partial charge >= 0.3 is 5.97 Å². The third-order valence-electron chi connectivity index (χ3n) is 8.79. The van der Waals surface area contributed by atoms with Crippen molar-refractivity contribution in [2.45, 2.75) is 52.4 Å². The van der Waals surface area contributed by atoms with E-state index in [1.807, 2.05) is 0 Å². The van der Waals surface area contributed by atoms with Gasteiger partial charge in [-0.25, -0.2) is 4.79 Å². The van der Waals surface area contributed by atoms with E-state index in [2.05, 4.69) is 39.2 Å². The van der Waals surface area contributed by atoms with Crippen LogP contribution in [-0.2, 0) is 4.74 Å². The number of benzene rings is 2. The molecule has 0 amide bonds. The van der Waals surface area contributed by atoms with E-state index >= 15 is 0 Å². The lowest BCUT2D eigenvalue weighted by molar-refractivity contribution is 0.0534. The van der Waals surface area contributed by atoms with E-state index in [4.69, 9.17) is 49.9 Å². The van der Waals surface area contributed by atoms with Crippen molar-refractivity contribution in [2.24, 2.45) is 11.8 Å². The van der Waals surface area contributed by atoms with Crippen LogP contribution < -0.4 is 28.4 Å². The Morgan fingerprint density at radius 2 is 1.08 bits per heavy atom. The Morgan fingerprint density at radius 1 is 0.686 bits per heavy atom. The van der Waals surface area contributed by atoms with Crippen molar-refractivity contribution in [3.63, 3.8) is 0 Å². The second kappa shape index (κ2) is 21.7. The summed E-state index contributed by atoms with van der Waals surface area (Å²) in [6, 6.07) is 6.18. The molecule has 0 aliphatic heterocycles. The Labute approximate surface area is 307 Å². The van der Waals surface area contributed by atoms with Crippen molar-refractivity contribution in [3.8, 4) is 34.5 Å². The number of carbonyl (C=O) groups excluding carboxylic acids is 2. The summed E-state index contributed by atoms with van der Waals surface area (Å²) in [5.74, 6) is 3.32. The number of methoxy groups -OCH3 is 6. The zero-order valence-electron chi connectivity index (χ0n) is 31.2. The van der Waals surface area contributed by atoms with E-state index in [1.165, 1.54) is 77.9 Å². The topological polar surface area (TPSA) is 119 Å². The normalized spacial score (nSPS) is 16.3. The monoisotopic (exact) mass is 728 g/mol. The van der Waals surface area contributed by atoms with Gasteiger partial charge in [0.15, 0.2) is 23.0 Å². The first-order valence-electron chi connectivity index (χ1n) is 16.6. The summed E-state index contributed by atoms with van der Waals surface area (Å²) >= 11 is 5.37. The molecular weight excluding hydrogens is 676 g/mol. The van der Waals surface area contributed by atoms with Crippen molar-refractivity contribution in [2.75, 3.05) is 55.9 Å². The summed E-state index contributed by atoms with van der Waals surface area (Å²) < 4.78 is 36.4. The van der Waals surface area contributed by atoms with Crippen LogP contribution in [0, 0.1) is 11.8 Å². The fourth-order valence-electron chi connectivity index (χ4n) is 5.58. The number of halogens is 1. The third-order valence-corrected chi connectivity index (χ3v) is 9.01. The molecule has 2 aliphatic rings. The number of esters is 1. The van der Waals surface area contributed by atoms with Gasteiger partial charge in [-0.05, 0) is 111 Å². The van der Waals surface area contributed by atoms with Gasteiger partial charge in [0.2, 0.25) is 11.5 Å². The quantitative estimate of drug-likeness (QED) is 0.122. The lowest BCUT2D eigenvalue weighted by atomic mass is 9.86. The van der Waals surface area contributed by atoms with Crippen LogP contribution in [0.3, 0.4) is 0 Å². The molecule has 4 rings (SSSR count). The van der Waals surface area contributed by atoms with Crippen LogP contribution in [0.4, 0.5) is 0 Å². The molecule has 2 atom stereocenters. The first kappa shape index (κ1) is 42.8. The maximum Gasteiger partial charge on any atom is 0.338 e. The third kappa shape index (κ3) is 12.7. The summed E-state index contributed by atoms with van der Waals surface area (Å²) in [6.07, 6.45) is 10.6. The fraction of sp³-hybridized carbons (Fsp3) is 0.450. The standard InChI is InChI=1S/C20H26O5.C10H11ClO4.C10H16O/c1-13(2)15-8-6-14(7-9-15)12-25-20(21)16-10-17(22-3)19(24-5)18(11-16)23-4;1-13-7-4-6(10(11)12)5-8(14-2)9(7)15-3;1-8(2)10-5-3-9(7-11)4-6-10/h6,10-11,15H,1,7-9,12H2,2-5H3;4-5H,1-3H3;3,10-11H,1,4-7H2,2H3/t15-;;10-/m1.1/s1. The molecular formula is C40H53ClO10. The number of aliphatic hydroxyl groups excluding tert-OH is 1. The molecule has 10 nitrogen and oxygen atoms in total. The summed E-state index contributed by atoms with van der Waals surface area (Å²) in [5.41, 5.74) is 5.50. The molecule has 0 spiro atoms. The summed E-state index contributed by atoms with van der Waals surface area (Å²) in [6.45, 7) is 12.6. The molecule has 0 fully saturated rings.